The molecule has 1 aromatic carbocycles. The summed E-state index contributed by atoms with van der Waals surface area (Å²) < 4.78 is 43.3. The standard InChI is InChI=1S/C16H14F3N5O3/c1-23(26-2)14(25)12-7-20-24(9-12)8-10-3-5-11(6-4-10)13-21-15(27-22-13)16(17,18)19/h3-7,9H,8H2,1-2H3. The zero-order valence-corrected chi connectivity index (χ0v) is 14.3. The topological polar surface area (TPSA) is 86.3 Å². The first-order chi connectivity index (χ1) is 12.8. The number of carbonyl (C=O) groups excluding carboxylic acids is 1. The Labute approximate surface area is 151 Å². The van der Waals surface area contributed by atoms with Gasteiger partial charge in [-0.3, -0.25) is 14.3 Å². The molecule has 0 aliphatic heterocycles. The summed E-state index contributed by atoms with van der Waals surface area (Å²) in [6.07, 6.45) is -1.69. The van der Waals surface area contributed by atoms with Crippen molar-refractivity contribution in [1.29, 1.82) is 0 Å². The molecular formula is C16H14F3N5O3. The summed E-state index contributed by atoms with van der Waals surface area (Å²) in [5, 5.41) is 8.52. The van der Waals surface area contributed by atoms with E-state index in [9.17, 15) is 18.0 Å². The second-order valence-corrected chi connectivity index (χ2v) is 5.53. The van der Waals surface area contributed by atoms with Crippen molar-refractivity contribution in [2.75, 3.05) is 14.2 Å². The van der Waals surface area contributed by atoms with Gasteiger partial charge in [0.15, 0.2) is 0 Å². The third-order valence-corrected chi connectivity index (χ3v) is 3.67. The molecule has 0 N–H and O–H groups in total. The minimum atomic E-state index is -4.68. The van der Waals surface area contributed by atoms with E-state index in [4.69, 9.17) is 4.84 Å². The third kappa shape index (κ3) is 4.14. The van der Waals surface area contributed by atoms with Gasteiger partial charge in [-0.05, 0) is 5.56 Å². The van der Waals surface area contributed by atoms with E-state index in [0.717, 1.165) is 10.6 Å². The van der Waals surface area contributed by atoms with Crippen molar-refractivity contribution in [2.24, 2.45) is 0 Å². The summed E-state index contributed by atoms with van der Waals surface area (Å²) in [4.78, 5) is 20.1. The van der Waals surface area contributed by atoms with E-state index in [-0.39, 0.29) is 11.7 Å². The van der Waals surface area contributed by atoms with Crippen molar-refractivity contribution in [3.05, 3.63) is 53.7 Å². The molecule has 3 rings (SSSR count). The molecule has 2 aromatic heterocycles. The monoisotopic (exact) mass is 381 g/mol. The Morgan fingerprint density at radius 3 is 2.59 bits per heavy atom. The van der Waals surface area contributed by atoms with E-state index in [1.165, 1.54) is 20.4 Å². The van der Waals surface area contributed by atoms with E-state index in [0.29, 0.717) is 17.7 Å². The van der Waals surface area contributed by atoms with Crippen LogP contribution in [0.15, 0.2) is 41.2 Å². The van der Waals surface area contributed by atoms with E-state index < -0.39 is 12.1 Å². The van der Waals surface area contributed by atoms with Crippen LogP contribution < -0.4 is 0 Å². The molecule has 0 saturated carbocycles. The number of hydrogen-bond donors (Lipinski definition) is 0. The fourth-order valence-corrected chi connectivity index (χ4v) is 2.23. The largest absolute Gasteiger partial charge is 0.471 e. The van der Waals surface area contributed by atoms with Gasteiger partial charge in [0.2, 0.25) is 5.82 Å². The molecule has 0 aliphatic carbocycles. The third-order valence-electron chi connectivity index (χ3n) is 3.67. The van der Waals surface area contributed by atoms with E-state index >= 15 is 0 Å². The Bertz CT molecular complexity index is 933. The van der Waals surface area contributed by atoms with Gasteiger partial charge in [0.05, 0.1) is 25.4 Å². The summed E-state index contributed by atoms with van der Waals surface area (Å²) in [6, 6.07) is 6.55. The first-order valence-corrected chi connectivity index (χ1v) is 7.63. The van der Waals surface area contributed by atoms with Gasteiger partial charge in [0.1, 0.15) is 0 Å². The molecule has 0 unspecified atom stereocenters. The first-order valence-electron chi connectivity index (χ1n) is 7.63. The number of nitrogens with zero attached hydrogens (tertiary/aromatic N) is 5. The van der Waals surface area contributed by atoms with Crippen LogP contribution in [0, 0.1) is 0 Å². The lowest BCUT2D eigenvalue weighted by molar-refractivity contribution is -0.159. The number of benzene rings is 1. The predicted octanol–water partition coefficient (Wildman–Crippen LogP) is 2.63. The Morgan fingerprint density at radius 1 is 1.30 bits per heavy atom. The van der Waals surface area contributed by atoms with Crippen LogP contribution in [0.5, 0.6) is 0 Å². The molecule has 27 heavy (non-hydrogen) atoms. The lowest BCUT2D eigenvalue weighted by atomic mass is 10.1. The molecular weight excluding hydrogens is 367 g/mol. The Hall–Kier alpha value is -3.21. The number of halogens is 3. The number of amides is 1. The molecule has 0 aliphatic rings. The second kappa shape index (κ2) is 7.19. The van der Waals surface area contributed by atoms with Gasteiger partial charge in [0, 0.05) is 18.8 Å². The summed E-state index contributed by atoms with van der Waals surface area (Å²) in [5.74, 6) is -1.88. The van der Waals surface area contributed by atoms with Crippen LogP contribution in [-0.4, -0.2) is 45.0 Å². The highest BCUT2D eigenvalue weighted by Gasteiger charge is 2.38. The van der Waals surface area contributed by atoms with Crippen LogP contribution in [0.3, 0.4) is 0 Å². The number of hydrogen-bond acceptors (Lipinski definition) is 6. The molecule has 2 heterocycles. The quantitative estimate of drug-likeness (QED) is 0.632. The molecule has 0 spiro atoms. The number of alkyl halides is 3. The van der Waals surface area contributed by atoms with Crippen LogP contribution in [0.2, 0.25) is 0 Å². The Balaban J connectivity index is 1.70. The maximum absolute atomic E-state index is 12.5. The van der Waals surface area contributed by atoms with Gasteiger partial charge in [-0.2, -0.15) is 23.3 Å². The number of aromatic nitrogens is 4. The molecule has 142 valence electrons. The summed E-state index contributed by atoms with van der Waals surface area (Å²) >= 11 is 0. The molecule has 0 saturated heterocycles. The SMILES string of the molecule is CON(C)C(=O)c1cnn(Cc2ccc(-c3noc(C(F)(F)F)n3)cc2)c1. The van der Waals surface area contributed by atoms with Crippen LogP contribution in [0.25, 0.3) is 11.4 Å². The normalized spacial score (nSPS) is 11.6. The maximum atomic E-state index is 12.5. The second-order valence-electron chi connectivity index (χ2n) is 5.53. The van der Waals surface area contributed by atoms with E-state index in [1.807, 2.05) is 0 Å². The molecule has 1 amide bonds. The van der Waals surface area contributed by atoms with Gasteiger partial charge < -0.3 is 4.52 Å². The Kier molecular flexibility index (Phi) is 4.95. The van der Waals surface area contributed by atoms with Gasteiger partial charge in [-0.15, -0.1) is 0 Å². The van der Waals surface area contributed by atoms with Gasteiger partial charge in [-0.25, -0.2) is 5.06 Å². The van der Waals surface area contributed by atoms with E-state index in [1.54, 1.807) is 35.1 Å². The number of rotatable bonds is 5. The van der Waals surface area contributed by atoms with Crippen molar-refractivity contribution in [1.82, 2.24) is 25.0 Å². The van der Waals surface area contributed by atoms with Gasteiger partial charge in [0.25, 0.3) is 5.91 Å². The highest BCUT2D eigenvalue weighted by atomic mass is 19.4. The van der Waals surface area contributed by atoms with Crippen molar-refractivity contribution >= 4 is 5.91 Å². The van der Waals surface area contributed by atoms with Crippen LogP contribution >= 0.6 is 0 Å². The van der Waals surface area contributed by atoms with Crippen molar-refractivity contribution in [3.8, 4) is 11.4 Å². The average molecular weight is 381 g/mol. The zero-order valence-electron chi connectivity index (χ0n) is 14.3. The molecule has 3 aromatic rings. The van der Waals surface area contributed by atoms with Crippen molar-refractivity contribution in [2.45, 2.75) is 12.7 Å². The Morgan fingerprint density at radius 2 is 2.00 bits per heavy atom. The number of carbonyl (C=O) groups is 1. The van der Waals surface area contributed by atoms with E-state index in [2.05, 4.69) is 19.8 Å². The number of hydroxylamine groups is 2. The molecule has 0 atom stereocenters. The summed E-state index contributed by atoms with van der Waals surface area (Å²) in [5.41, 5.74) is 1.57. The highest BCUT2D eigenvalue weighted by Crippen LogP contribution is 2.29. The minimum Gasteiger partial charge on any atom is -0.329 e. The molecule has 8 nitrogen and oxygen atoms in total. The molecule has 0 radical (unpaired) electrons. The molecule has 11 heteroatoms. The first kappa shape index (κ1) is 18.6. The fraction of sp³-hybridized carbons (Fsp3) is 0.250. The van der Waals surface area contributed by atoms with Crippen LogP contribution in [-0.2, 0) is 17.6 Å². The highest BCUT2D eigenvalue weighted by molar-refractivity contribution is 5.92. The summed E-state index contributed by atoms with van der Waals surface area (Å²) in [7, 11) is 2.87. The minimum absolute atomic E-state index is 0.150. The van der Waals surface area contributed by atoms with Gasteiger partial charge in [-0.1, -0.05) is 29.4 Å². The van der Waals surface area contributed by atoms with Crippen molar-refractivity contribution in [3.63, 3.8) is 0 Å². The maximum Gasteiger partial charge on any atom is 0.471 e. The van der Waals surface area contributed by atoms with Crippen molar-refractivity contribution < 1.29 is 27.3 Å². The van der Waals surface area contributed by atoms with Crippen LogP contribution in [0.4, 0.5) is 13.2 Å². The zero-order chi connectivity index (χ0) is 19.6. The lowest BCUT2D eigenvalue weighted by Gasteiger charge is -2.11. The average Bonchev–Trinajstić information content (AvgIpc) is 3.30. The molecule has 0 bridgehead atoms. The van der Waals surface area contributed by atoms with Gasteiger partial charge >= 0.3 is 12.1 Å². The lowest BCUT2D eigenvalue weighted by Crippen LogP contribution is -2.24. The summed E-state index contributed by atoms with van der Waals surface area (Å²) in [6.45, 7) is 0.365. The molecule has 0 fully saturated rings. The smallest absolute Gasteiger partial charge is 0.329 e. The predicted molar refractivity (Wildman–Crippen MR) is 85.2 cm³/mol. The van der Waals surface area contributed by atoms with Crippen LogP contribution in [0.1, 0.15) is 21.8 Å². The fourth-order valence-electron chi connectivity index (χ4n) is 2.23.